The molecule has 0 bridgehead atoms. The van der Waals surface area contributed by atoms with Crippen LogP contribution >= 0.6 is 11.3 Å². The monoisotopic (exact) mass is 504 g/mol. The fraction of sp³-hybridized carbons (Fsp3) is 0. The second-order valence-electron chi connectivity index (χ2n) is 9.54. The van der Waals surface area contributed by atoms with Gasteiger partial charge in [-0.3, -0.25) is 9.20 Å². The molecule has 0 saturated heterocycles. The van der Waals surface area contributed by atoms with Crippen LogP contribution in [0.4, 0.5) is 0 Å². The maximum Gasteiger partial charge on any atom is 0.281 e. The van der Waals surface area contributed by atoms with Gasteiger partial charge in [0.25, 0.3) is 5.56 Å². The van der Waals surface area contributed by atoms with Crippen molar-refractivity contribution in [2.45, 2.75) is 0 Å². The van der Waals surface area contributed by atoms with E-state index in [4.69, 9.17) is 0 Å². The predicted molar refractivity (Wildman–Crippen MR) is 160 cm³/mol. The van der Waals surface area contributed by atoms with Crippen molar-refractivity contribution in [3.05, 3.63) is 132 Å². The quantitative estimate of drug-likeness (QED) is 0.221. The van der Waals surface area contributed by atoms with E-state index in [2.05, 4.69) is 106 Å². The van der Waals surface area contributed by atoms with Crippen LogP contribution in [0.1, 0.15) is 0 Å². The van der Waals surface area contributed by atoms with E-state index >= 15 is 0 Å². The van der Waals surface area contributed by atoms with E-state index in [0.717, 1.165) is 26.3 Å². The zero-order valence-corrected chi connectivity index (χ0v) is 21.1. The van der Waals surface area contributed by atoms with Gasteiger partial charge < -0.3 is 0 Å². The zero-order valence-electron chi connectivity index (χ0n) is 20.3. The second-order valence-corrected chi connectivity index (χ2v) is 10.6. The SMILES string of the molecule is O=c1nc2sc3cc(-c4c5ccccc5c(-c5ccccc5)c5ccccc45)ccc3n2c2ccccc12. The third kappa shape index (κ3) is 3.01. The largest absolute Gasteiger partial charge is 0.284 e. The molecule has 3 nitrogen and oxygen atoms in total. The molecule has 8 rings (SSSR count). The summed E-state index contributed by atoms with van der Waals surface area (Å²) < 4.78 is 3.21. The van der Waals surface area contributed by atoms with Gasteiger partial charge in [0, 0.05) is 0 Å². The fourth-order valence-electron chi connectivity index (χ4n) is 5.84. The highest BCUT2D eigenvalue weighted by Crippen LogP contribution is 2.44. The first-order valence-electron chi connectivity index (χ1n) is 12.6. The predicted octanol–water partition coefficient (Wildman–Crippen LogP) is 8.70. The first kappa shape index (κ1) is 21.3. The van der Waals surface area contributed by atoms with Gasteiger partial charge in [0.1, 0.15) is 0 Å². The molecule has 0 spiro atoms. The van der Waals surface area contributed by atoms with E-state index in [0.29, 0.717) is 5.39 Å². The average Bonchev–Trinajstić information content (AvgIpc) is 3.34. The minimum atomic E-state index is -0.180. The molecule has 0 aliphatic rings. The number of benzene rings is 6. The lowest BCUT2D eigenvalue weighted by Gasteiger charge is -2.17. The smallest absolute Gasteiger partial charge is 0.281 e. The lowest BCUT2D eigenvalue weighted by molar-refractivity contribution is 1.21. The number of hydrogen-bond acceptors (Lipinski definition) is 3. The van der Waals surface area contributed by atoms with E-state index in [9.17, 15) is 4.79 Å². The van der Waals surface area contributed by atoms with Crippen LogP contribution in [0.15, 0.2) is 126 Å². The molecule has 0 atom stereocenters. The summed E-state index contributed by atoms with van der Waals surface area (Å²) in [5.41, 5.74) is 6.63. The number of para-hydroxylation sites is 1. The Morgan fingerprint density at radius 3 is 1.74 bits per heavy atom. The Morgan fingerprint density at radius 2 is 1.08 bits per heavy atom. The molecule has 0 unspecified atom stereocenters. The van der Waals surface area contributed by atoms with E-state index in [-0.39, 0.29) is 5.56 Å². The Morgan fingerprint density at radius 1 is 0.526 bits per heavy atom. The maximum absolute atomic E-state index is 12.7. The van der Waals surface area contributed by atoms with Gasteiger partial charge in [-0.2, -0.15) is 4.98 Å². The number of aromatic nitrogens is 2. The molecule has 6 aromatic carbocycles. The standard InChI is InChI=1S/C34H20N2OS/c37-33-27-16-8-9-17-28(27)36-29-19-18-22(20-30(29)38-34(36)35-33)32-25-14-6-4-12-23(25)31(21-10-2-1-3-11-21)24-13-5-7-15-26(24)32/h1-20H. The highest BCUT2D eigenvalue weighted by Gasteiger charge is 2.18. The van der Waals surface area contributed by atoms with Gasteiger partial charge in [-0.1, -0.05) is 108 Å². The van der Waals surface area contributed by atoms with Crippen LogP contribution < -0.4 is 5.56 Å². The third-order valence-corrected chi connectivity index (χ3v) is 8.45. The van der Waals surface area contributed by atoms with E-state index in [1.54, 1.807) is 11.3 Å². The van der Waals surface area contributed by atoms with Crippen LogP contribution in [-0.2, 0) is 0 Å². The summed E-state index contributed by atoms with van der Waals surface area (Å²) in [6.07, 6.45) is 0. The van der Waals surface area contributed by atoms with Gasteiger partial charge in [-0.25, -0.2) is 0 Å². The van der Waals surface area contributed by atoms with Crippen molar-refractivity contribution in [1.82, 2.24) is 9.38 Å². The van der Waals surface area contributed by atoms with Crippen molar-refractivity contribution in [1.29, 1.82) is 0 Å². The first-order valence-corrected chi connectivity index (χ1v) is 13.4. The summed E-state index contributed by atoms with van der Waals surface area (Å²) in [4.78, 5) is 17.8. The molecule has 2 aromatic heterocycles. The Hall–Kier alpha value is -4.80. The average molecular weight is 505 g/mol. The molecule has 0 saturated carbocycles. The Labute approximate surface area is 221 Å². The van der Waals surface area contributed by atoms with Gasteiger partial charge in [-0.05, 0) is 68.1 Å². The molecule has 0 aliphatic carbocycles. The fourth-order valence-corrected chi connectivity index (χ4v) is 6.90. The van der Waals surface area contributed by atoms with Crippen molar-refractivity contribution in [2.24, 2.45) is 0 Å². The van der Waals surface area contributed by atoms with Gasteiger partial charge in [0.05, 0.1) is 21.1 Å². The van der Waals surface area contributed by atoms with Crippen molar-refractivity contribution >= 4 is 59.0 Å². The van der Waals surface area contributed by atoms with Gasteiger partial charge >= 0.3 is 0 Å². The molecule has 0 aliphatic heterocycles. The summed E-state index contributed by atoms with van der Waals surface area (Å²) in [6.45, 7) is 0. The third-order valence-electron chi connectivity index (χ3n) is 7.45. The Kier molecular flexibility index (Phi) is 4.54. The molecular formula is C34H20N2OS. The topological polar surface area (TPSA) is 34.4 Å². The molecule has 2 heterocycles. The lowest BCUT2D eigenvalue weighted by Crippen LogP contribution is -2.08. The summed E-state index contributed by atoms with van der Waals surface area (Å²) in [6, 6.07) is 42.4. The van der Waals surface area contributed by atoms with Crippen LogP contribution in [0.5, 0.6) is 0 Å². The molecule has 0 amide bonds. The second kappa shape index (κ2) is 8.10. The molecule has 0 N–H and O–H groups in total. The van der Waals surface area contributed by atoms with Crippen molar-refractivity contribution in [3.8, 4) is 22.3 Å². The molecule has 8 aromatic rings. The summed E-state index contributed by atoms with van der Waals surface area (Å²) in [5, 5.41) is 5.57. The number of nitrogens with zero attached hydrogens (tertiary/aromatic N) is 2. The van der Waals surface area contributed by atoms with Gasteiger partial charge in [0.15, 0.2) is 4.96 Å². The molecular weight excluding hydrogens is 484 g/mol. The molecule has 38 heavy (non-hydrogen) atoms. The highest BCUT2D eigenvalue weighted by atomic mass is 32.1. The van der Waals surface area contributed by atoms with Crippen LogP contribution in [-0.4, -0.2) is 9.38 Å². The normalized spacial score (nSPS) is 11.8. The van der Waals surface area contributed by atoms with Crippen LogP contribution in [0.2, 0.25) is 0 Å². The summed E-state index contributed by atoms with van der Waals surface area (Å²) >= 11 is 1.56. The maximum atomic E-state index is 12.7. The number of hydrogen-bond donors (Lipinski definition) is 0. The van der Waals surface area contributed by atoms with Crippen LogP contribution in [0.3, 0.4) is 0 Å². The lowest BCUT2D eigenvalue weighted by atomic mass is 9.86. The molecule has 4 heteroatoms. The van der Waals surface area contributed by atoms with E-state index in [1.807, 2.05) is 24.3 Å². The zero-order chi connectivity index (χ0) is 25.2. The van der Waals surface area contributed by atoms with Crippen LogP contribution in [0, 0.1) is 0 Å². The minimum absolute atomic E-state index is 0.180. The van der Waals surface area contributed by atoms with Crippen LogP contribution in [0.25, 0.3) is 69.9 Å². The molecule has 178 valence electrons. The molecule has 0 fully saturated rings. The molecule has 0 radical (unpaired) electrons. The van der Waals surface area contributed by atoms with E-state index < -0.39 is 0 Å². The Balaban J connectivity index is 1.48. The van der Waals surface area contributed by atoms with Crippen molar-refractivity contribution in [3.63, 3.8) is 0 Å². The summed E-state index contributed by atoms with van der Waals surface area (Å²) in [5.74, 6) is 0. The van der Waals surface area contributed by atoms with Gasteiger partial charge in [-0.15, -0.1) is 0 Å². The van der Waals surface area contributed by atoms with Crippen molar-refractivity contribution in [2.75, 3.05) is 0 Å². The summed E-state index contributed by atoms with van der Waals surface area (Å²) in [7, 11) is 0. The van der Waals surface area contributed by atoms with Gasteiger partial charge in [0.2, 0.25) is 0 Å². The Bertz CT molecular complexity index is 2200. The number of thiazole rings is 1. The number of rotatable bonds is 2. The first-order chi connectivity index (χ1) is 18.8. The minimum Gasteiger partial charge on any atom is -0.284 e. The highest BCUT2D eigenvalue weighted by molar-refractivity contribution is 7.23. The van der Waals surface area contributed by atoms with Crippen molar-refractivity contribution < 1.29 is 0 Å². The number of fused-ring (bicyclic) bond motifs is 7. The van der Waals surface area contributed by atoms with E-state index in [1.165, 1.54) is 38.2 Å².